The van der Waals surface area contributed by atoms with Crippen LogP contribution in [0.5, 0.6) is 0 Å². The highest BCUT2D eigenvalue weighted by Crippen LogP contribution is 2.31. The molecule has 0 aliphatic heterocycles. The summed E-state index contributed by atoms with van der Waals surface area (Å²) in [6.45, 7) is 31.3. The van der Waals surface area contributed by atoms with Gasteiger partial charge in [-0.3, -0.25) is 20.2 Å². The number of para-hydroxylation sites is 6. The monoisotopic (exact) mass is 1770 g/mol. The van der Waals surface area contributed by atoms with Crippen LogP contribution in [0.2, 0.25) is 5.02 Å². The minimum absolute atomic E-state index is 0.374. The highest BCUT2D eigenvalue weighted by Gasteiger charge is 2.23. The molecule has 0 aliphatic carbocycles. The fourth-order valence-electron chi connectivity index (χ4n) is 13.6. The SMILES string of the molecule is CCCC#Cc1c(N)nc2ccccc2c1CCNC(=O)OC(C)(C)C.CCCC#Cc1c[n+](O)c2ccccc2c1CCNC(=O)OC(C)(C)C.CCCC#Cc1cnc2ccccc2c1CC#N.CCCC#Cc1cnc2ccccc2c1CCNC(=O)OC(C)(C)C.CCCC#Cc1cnc2ccccc2c1Cl.CCCCCc1c(N)nc2ccccc2c1CCN. The molecule has 12 aromatic rings. The zero-order valence-electron chi connectivity index (χ0n) is 78.6. The first kappa shape index (κ1) is 104. The van der Waals surface area contributed by atoms with Crippen LogP contribution in [0.1, 0.15) is 249 Å². The van der Waals surface area contributed by atoms with Crippen molar-refractivity contribution in [2.45, 2.75) is 243 Å². The van der Waals surface area contributed by atoms with E-state index in [1.54, 1.807) is 18.6 Å². The molecule has 0 saturated carbocycles. The van der Waals surface area contributed by atoms with E-state index in [2.05, 4.69) is 166 Å². The molecule has 6 aromatic carbocycles. The van der Waals surface area contributed by atoms with Crippen molar-refractivity contribution in [3.05, 3.63) is 237 Å². The summed E-state index contributed by atoms with van der Waals surface area (Å²) in [6.07, 6.45) is 22.8. The smallest absolute Gasteiger partial charge is 0.407 e. The third-order valence-corrected chi connectivity index (χ3v) is 19.9. The van der Waals surface area contributed by atoms with E-state index in [9.17, 15) is 19.6 Å². The van der Waals surface area contributed by atoms with Gasteiger partial charge in [-0.1, -0.05) is 228 Å². The number of nitrogen functional groups attached to an aromatic ring is 2. The number of fused-ring (bicyclic) bond motifs is 6. The molecule has 0 fully saturated rings. The highest BCUT2D eigenvalue weighted by molar-refractivity contribution is 6.36. The Morgan fingerprint density at radius 1 is 0.408 bits per heavy atom. The van der Waals surface area contributed by atoms with Crippen LogP contribution in [-0.2, 0) is 52.7 Å². The van der Waals surface area contributed by atoms with Crippen molar-refractivity contribution in [3.8, 4) is 65.3 Å². The number of carbonyl (C=O) groups excluding carboxylic acids is 3. The Morgan fingerprint density at radius 2 is 0.762 bits per heavy atom. The van der Waals surface area contributed by atoms with Gasteiger partial charge in [0.2, 0.25) is 6.20 Å². The number of carbonyl (C=O) groups is 3. The Balaban J connectivity index is 0.000000215. The van der Waals surface area contributed by atoms with E-state index in [0.717, 1.165) is 193 Å². The van der Waals surface area contributed by atoms with Crippen LogP contribution in [-0.4, -0.2) is 91.4 Å². The number of benzene rings is 6. The van der Waals surface area contributed by atoms with Gasteiger partial charge in [-0.25, -0.2) is 24.4 Å². The Bertz CT molecular complexity index is 6180. The molecule has 130 heavy (non-hydrogen) atoms. The van der Waals surface area contributed by atoms with Crippen molar-refractivity contribution in [2.75, 3.05) is 37.6 Å². The number of anilines is 2. The zero-order chi connectivity index (χ0) is 94.4. The molecule has 0 unspecified atom stereocenters. The number of unbranched alkanes of at least 4 members (excludes halogenated alkanes) is 7. The summed E-state index contributed by atoms with van der Waals surface area (Å²) in [6, 6.07) is 49.6. The van der Waals surface area contributed by atoms with E-state index in [4.69, 9.17) is 48.3 Å². The third kappa shape index (κ3) is 33.9. The lowest BCUT2D eigenvalue weighted by atomic mass is 9.96. The average Bonchev–Trinajstić information content (AvgIpc) is 0.804. The number of rotatable bonds is 21. The molecule has 20 nitrogen and oxygen atoms in total. The lowest BCUT2D eigenvalue weighted by Crippen LogP contribution is -2.34. The minimum Gasteiger partial charge on any atom is -0.444 e. The molecule has 10 N–H and O–H groups in total. The summed E-state index contributed by atoms with van der Waals surface area (Å²) < 4.78 is 16.9. The lowest BCUT2D eigenvalue weighted by Gasteiger charge is -2.20. The van der Waals surface area contributed by atoms with Crippen LogP contribution in [0.4, 0.5) is 26.0 Å². The van der Waals surface area contributed by atoms with Gasteiger partial charge in [-0.05, 0) is 209 Å². The maximum atomic E-state index is 11.9. The predicted octanol–water partition coefficient (Wildman–Crippen LogP) is 22.6. The Morgan fingerprint density at radius 3 is 1.21 bits per heavy atom. The fourth-order valence-corrected chi connectivity index (χ4v) is 13.8. The number of hydrogen-bond acceptors (Lipinski definition) is 16. The van der Waals surface area contributed by atoms with Gasteiger partial charge in [-0.15, -0.1) is 0 Å². The minimum atomic E-state index is -0.525. The number of nitrogens with one attached hydrogen (secondary N) is 3. The average molecular weight is 1770 g/mol. The second-order valence-electron chi connectivity index (χ2n) is 33.7. The van der Waals surface area contributed by atoms with Crippen LogP contribution < -0.4 is 37.9 Å². The lowest BCUT2D eigenvalue weighted by molar-refractivity contribution is -0.884. The number of hydrogen-bond donors (Lipinski definition) is 7. The molecule has 0 aliphatic rings. The molecule has 21 heteroatoms. The van der Waals surface area contributed by atoms with Gasteiger partial charge < -0.3 is 47.4 Å². The maximum absolute atomic E-state index is 11.9. The largest absolute Gasteiger partial charge is 0.444 e. The number of nitriles is 1. The van der Waals surface area contributed by atoms with Gasteiger partial charge in [0, 0.05) is 119 Å². The summed E-state index contributed by atoms with van der Waals surface area (Å²) in [5, 5.41) is 34.5. The summed E-state index contributed by atoms with van der Waals surface area (Å²) in [7, 11) is 0. The zero-order valence-corrected chi connectivity index (χ0v) is 79.3. The van der Waals surface area contributed by atoms with Crippen molar-refractivity contribution in [3.63, 3.8) is 0 Å². The van der Waals surface area contributed by atoms with E-state index in [-0.39, 0.29) is 0 Å². The quantitative estimate of drug-likeness (QED) is 0.0116. The summed E-state index contributed by atoms with van der Waals surface area (Å²) in [5.41, 5.74) is 32.6. The van der Waals surface area contributed by atoms with Crippen LogP contribution in [0.15, 0.2) is 170 Å². The van der Waals surface area contributed by atoms with Crippen molar-refractivity contribution in [2.24, 2.45) is 5.73 Å². The first-order valence-electron chi connectivity index (χ1n) is 45.2. The topological polar surface area (TPSA) is 305 Å². The van der Waals surface area contributed by atoms with Gasteiger partial charge in [0.15, 0.2) is 0 Å². The van der Waals surface area contributed by atoms with Crippen molar-refractivity contribution >= 4 is 107 Å². The number of pyridine rings is 6. The number of nitrogens with two attached hydrogens (primary N) is 3. The summed E-state index contributed by atoms with van der Waals surface area (Å²) in [5.74, 6) is 32.5. The second kappa shape index (κ2) is 54.0. The van der Waals surface area contributed by atoms with Crippen molar-refractivity contribution in [1.29, 1.82) is 5.26 Å². The number of nitrogens with zero attached hydrogens (tertiary/aromatic N) is 7. The first-order valence-corrected chi connectivity index (χ1v) is 45.5. The Kier molecular flexibility index (Phi) is 43.0. The Hall–Kier alpha value is -13.5. The number of aromatic nitrogens is 6. The maximum Gasteiger partial charge on any atom is 0.407 e. The number of halogens is 1. The molecule has 12 rings (SSSR count). The van der Waals surface area contributed by atoms with Gasteiger partial charge in [0.25, 0.3) is 5.52 Å². The van der Waals surface area contributed by atoms with E-state index >= 15 is 0 Å². The number of alkyl carbamates (subject to hydrolysis) is 3. The molecule has 0 spiro atoms. The molecule has 6 aromatic heterocycles. The normalized spacial score (nSPS) is 10.6. The summed E-state index contributed by atoms with van der Waals surface area (Å²) in [4.78, 5) is 57.8. The standard InChI is InChI=1S/C21H27N3O2.C21H26N2O3.C21H26N2O2.C16H23N3.C16H14N2.C14H12ClN/c1-5-6-7-11-17-15(13-14-23-20(25)26-21(2,3)4)16-10-8-9-12-18(16)24-19(17)22;1-5-6-7-10-16-15-23(25)19-12-9-8-11-18(19)17(16)13-14-22-20(24)26-21(2,3)4;1-5-6-7-10-16-15-23-19-12-9-8-11-18(19)17(16)13-14-22-20(24)25-21(2,3)4;1-2-3-4-8-14-12(10-11-17)13-7-5-6-9-15(13)19-16(14)18;1-2-3-4-7-13-12-18-16-9-6-5-8-15(16)14(13)10-11-17;1-2-3-4-7-11-10-16-13-9-6-5-8-12(13)14(11)15/h8-10,12H,5-6,13-14H2,1-4H3,(H2,22,24)(H,23,25);8-9,11-12,15H,5-6,13-14H2,1-4H3,(H-,22,24,25);8-9,11-12,15H,5-6,13-14H2,1-4H3,(H,22,24);5-7,9H,2-4,8,10-11,17H2,1H3,(H2,18,19);5-6,8-9,12H,2-3,10H2,1H3;5-6,8-10H,2-3H2,1H3/p+1. The van der Waals surface area contributed by atoms with E-state index in [1.807, 2.05) is 196 Å². The Labute approximate surface area is 774 Å². The summed E-state index contributed by atoms with van der Waals surface area (Å²) >= 11 is 6.28. The van der Waals surface area contributed by atoms with E-state index in [1.165, 1.54) is 29.4 Å². The third-order valence-electron chi connectivity index (χ3n) is 19.5. The van der Waals surface area contributed by atoms with Crippen LogP contribution in [0.3, 0.4) is 0 Å². The second-order valence-corrected chi connectivity index (χ2v) is 34.1. The van der Waals surface area contributed by atoms with Gasteiger partial charge in [0.1, 0.15) is 28.4 Å². The molecule has 0 radical (unpaired) electrons. The van der Waals surface area contributed by atoms with Crippen molar-refractivity contribution < 1.29 is 38.5 Å². The molecular weight excluding hydrogens is 1640 g/mol. The predicted molar refractivity (Wildman–Crippen MR) is 532 cm³/mol. The molecule has 0 saturated heterocycles. The van der Waals surface area contributed by atoms with Crippen molar-refractivity contribution in [1.82, 2.24) is 40.9 Å². The molecule has 3 amide bonds. The van der Waals surface area contributed by atoms with Crippen LogP contribution in [0.25, 0.3) is 65.4 Å². The fraction of sp³-hybridized carbons (Fsp3) is 0.376. The number of amides is 3. The van der Waals surface area contributed by atoms with Gasteiger partial charge >= 0.3 is 18.3 Å². The molecular formula is C109H129ClN13O7+. The van der Waals surface area contributed by atoms with Crippen LogP contribution in [0, 0.1) is 70.5 Å². The van der Waals surface area contributed by atoms with Crippen LogP contribution >= 0.6 is 11.6 Å². The van der Waals surface area contributed by atoms with Gasteiger partial charge in [-0.2, -0.15) is 5.26 Å². The van der Waals surface area contributed by atoms with E-state index in [0.29, 0.717) is 74.0 Å². The molecule has 6 heterocycles. The van der Waals surface area contributed by atoms with E-state index < -0.39 is 35.1 Å². The number of ether oxygens (including phenoxy) is 3. The first-order chi connectivity index (χ1) is 62.5. The van der Waals surface area contributed by atoms with Gasteiger partial charge in [0.05, 0.1) is 67.2 Å². The highest BCUT2D eigenvalue weighted by atomic mass is 35.5. The molecule has 0 bridgehead atoms. The molecule has 678 valence electrons. The molecule has 0 atom stereocenters.